The second-order valence-corrected chi connectivity index (χ2v) is 12.2. The lowest BCUT2D eigenvalue weighted by atomic mass is 10.1. The van der Waals surface area contributed by atoms with E-state index >= 15 is 0 Å². The first-order valence-electron chi connectivity index (χ1n) is 14.8. The summed E-state index contributed by atoms with van der Waals surface area (Å²) in [6.07, 6.45) is 6.24. The molecule has 5 N–H and O–H groups in total. The van der Waals surface area contributed by atoms with Crippen molar-refractivity contribution in [3.63, 3.8) is 0 Å². The largest absolute Gasteiger partial charge is 0.495 e. The minimum Gasteiger partial charge on any atom is -0.495 e. The molecule has 0 aliphatic heterocycles. The van der Waals surface area contributed by atoms with Crippen molar-refractivity contribution in [2.24, 2.45) is 5.73 Å². The molecule has 0 spiro atoms. The van der Waals surface area contributed by atoms with Gasteiger partial charge >= 0.3 is 6.18 Å². The Morgan fingerprint density at radius 1 is 1.00 bits per heavy atom. The predicted octanol–water partition coefficient (Wildman–Crippen LogP) is 6.68. The third-order valence-corrected chi connectivity index (χ3v) is 8.64. The Balaban J connectivity index is 1.53. The van der Waals surface area contributed by atoms with Crippen LogP contribution in [0.5, 0.6) is 5.75 Å². The zero-order chi connectivity index (χ0) is 31.2. The van der Waals surface area contributed by atoms with E-state index in [-0.39, 0.29) is 12.2 Å². The van der Waals surface area contributed by atoms with E-state index < -0.39 is 23.7 Å². The number of unbranched alkanes of at least 4 members (excludes halogenated alkanes) is 8. The second-order valence-electron chi connectivity index (χ2n) is 10.6. The number of fused-ring (bicyclic) bond motifs is 1. The van der Waals surface area contributed by atoms with E-state index in [2.05, 4.69) is 17.2 Å². The second kappa shape index (κ2) is 17.2. The van der Waals surface area contributed by atoms with Gasteiger partial charge in [-0.2, -0.15) is 13.2 Å². The zero-order valence-corrected chi connectivity index (χ0v) is 26.0. The standard InChI is InChI=1S/C32H44F3N5O2S/c1-39(21-11-9-7-5-3-4-6-8-10-19-36)43(41)26-17-18-29(31(23-26)42-2)38-20-13-14-25-22-27-28(37)15-12-16-30(27)40(25)24-32(33,34)35/h12,15-18,22-23,38H,3-11,19-21,24,36-37H2,1-2H3. The Hall–Kier alpha value is -3.20. The Labute approximate surface area is 255 Å². The quantitative estimate of drug-likeness (QED) is 0.0890. The van der Waals surface area contributed by atoms with Crippen molar-refractivity contribution >= 4 is 33.3 Å². The summed E-state index contributed by atoms with van der Waals surface area (Å²) in [5.74, 6) is 6.25. The van der Waals surface area contributed by atoms with Crippen LogP contribution in [0.15, 0.2) is 47.4 Å². The number of ether oxygens (including phenoxy) is 1. The number of nitrogens with zero attached hydrogens (tertiary/aromatic N) is 2. The highest BCUT2D eigenvalue weighted by molar-refractivity contribution is 7.82. The Bertz CT molecular complexity index is 1400. The fourth-order valence-electron chi connectivity index (χ4n) is 4.94. The van der Waals surface area contributed by atoms with E-state index in [1.807, 2.05) is 11.4 Å². The minimum atomic E-state index is -4.40. The Morgan fingerprint density at radius 2 is 1.67 bits per heavy atom. The number of nitrogen functional groups attached to an aromatic ring is 1. The average Bonchev–Trinajstić information content (AvgIpc) is 3.32. The van der Waals surface area contributed by atoms with Crippen LogP contribution >= 0.6 is 0 Å². The van der Waals surface area contributed by atoms with Gasteiger partial charge in [-0.05, 0) is 61.7 Å². The highest BCUT2D eigenvalue weighted by Gasteiger charge is 2.29. The molecule has 2 aromatic carbocycles. The molecule has 236 valence electrons. The molecule has 0 aliphatic carbocycles. The summed E-state index contributed by atoms with van der Waals surface area (Å²) in [5, 5.41) is 3.67. The third-order valence-electron chi connectivity index (χ3n) is 7.24. The molecule has 1 aromatic heterocycles. The molecule has 0 bridgehead atoms. The van der Waals surface area contributed by atoms with Crippen LogP contribution in [0.25, 0.3) is 10.9 Å². The highest BCUT2D eigenvalue weighted by Crippen LogP contribution is 2.29. The fourth-order valence-corrected chi connectivity index (χ4v) is 5.99. The van der Waals surface area contributed by atoms with Gasteiger partial charge in [-0.3, -0.25) is 0 Å². The molecule has 43 heavy (non-hydrogen) atoms. The molecule has 0 saturated carbocycles. The number of hydrogen-bond donors (Lipinski definition) is 3. The van der Waals surface area contributed by atoms with E-state index in [0.29, 0.717) is 32.9 Å². The lowest BCUT2D eigenvalue weighted by Crippen LogP contribution is -2.22. The van der Waals surface area contributed by atoms with Gasteiger partial charge in [0.15, 0.2) is 0 Å². The van der Waals surface area contributed by atoms with Gasteiger partial charge in [0, 0.05) is 24.7 Å². The van der Waals surface area contributed by atoms with Crippen molar-refractivity contribution < 1.29 is 22.1 Å². The summed E-state index contributed by atoms with van der Waals surface area (Å²) < 4.78 is 61.4. The minimum absolute atomic E-state index is 0.162. The molecule has 7 nitrogen and oxygen atoms in total. The van der Waals surface area contributed by atoms with Gasteiger partial charge in [-0.25, -0.2) is 8.51 Å². The van der Waals surface area contributed by atoms with Crippen molar-refractivity contribution in [2.45, 2.75) is 75.4 Å². The number of alkyl halides is 3. The number of benzene rings is 2. The SMILES string of the molecule is COc1cc(S(=O)N(C)CCCCCCCCCCCN)ccc1NCC#Cc1cc2c(N)cccc2n1CC(F)(F)F. The van der Waals surface area contributed by atoms with Crippen LogP contribution < -0.4 is 21.5 Å². The molecule has 0 radical (unpaired) electrons. The van der Waals surface area contributed by atoms with Gasteiger partial charge in [0.05, 0.1) is 35.4 Å². The maximum absolute atomic E-state index is 13.3. The van der Waals surface area contributed by atoms with Crippen molar-refractivity contribution in [2.75, 3.05) is 44.8 Å². The summed E-state index contributed by atoms with van der Waals surface area (Å²) in [6, 6.07) is 11.7. The maximum Gasteiger partial charge on any atom is 0.406 e. The van der Waals surface area contributed by atoms with Gasteiger partial charge in [0.1, 0.15) is 23.3 Å². The lowest BCUT2D eigenvalue weighted by Gasteiger charge is -2.17. The lowest BCUT2D eigenvalue weighted by molar-refractivity contribution is -0.140. The molecule has 0 fully saturated rings. The van der Waals surface area contributed by atoms with E-state index in [0.717, 1.165) is 36.9 Å². The number of halogens is 3. The first kappa shape index (κ1) is 34.3. The number of hydrogen-bond acceptors (Lipinski definition) is 5. The molecule has 0 aliphatic rings. The Kier molecular flexibility index (Phi) is 13.7. The van der Waals surface area contributed by atoms with E-state index in [1.54, 1.807) is 42.5 Å². The highest BCUT2D eigenvalue weighted by atomic mass is 32.2. The first-order chi connectivity index (χ1) is 20.6. The summed E-state index contributed by atoms with van der Waals surface area (Å²) in [6.45, 7) is 0.517. The van der Waals surface area contributed by atoms with Crippen LogP contribution in [0.1, 0.15) is 63.5 Å². The molecule has 0 saturated heterocycles. The van der Waals surface area contributed by atoms with Crippen LogP contribution in [0.4, 0.5) is 24.5 Å². The number of nitrogens with one attached hydrogen (secondary N) is 1. The van der Waals surface area contributed by atoms with Gasteiger partial charge in [-0.15, -0.1) is 0 Å². The molecule has 3 aromatic rings. The predicted molar refractivity (Wildman–Crippen MR) is 170 cm³/mol. The molecule has 1 unspecified atom stereocenters. The number of aromatic nitrogens is 1. The first-order valence-corrected chi connectivity index (χ1v) is 15.9. The third kappa shape index (κ3) is 10.8. The van der Waals surface area contributed by atoms with Gasteiger partial charge in [0.2, 0.25) is 0 Å². The van der Waals surface area contributed by atoms with E-state index in [1.165, 1.54) is 45.6 Å². The normalized spacial score (nSPS) is 12.3. The van der Waals surface area contributed by atoms with E-state index in [4.69, 9.17) is 16.2 Å². The van der Waals surface area contributed by atoms with Crippen LogP contribution in [0, 0.1) is 11.8 Å². The van der Waals surface area contributed by atoms with Crippen LogP contribution in [-0.2, 0) is 17.5 Å². The molecular weight excluding hydrogens is 575 g/mol. The molecule has 11 heteroatoms. The van der Waals surface area contributed by atoms with Crippen LogP contribution in [0.2, 0.25) is 0 Å². The summed E-state index contributed by atoms with van der Waals surface area (Å²) in [5.41, 5.74) is 13.2. The molecule has 0 amide bonds. The van der Waals surface area contributed by atoms with Gasteiger partial charge < -0.3 is 26.1 Å². The van der Waals surface area contributed by atoms with E-state index in [9.17, 15) is 17.4 Å². The van der Waals surface area contributed by atoms with Crippen LogP contribution in [0.3, 0.4) is 0 Å². The summed E-state index contributed by atoms with van der Waals surface area (Å²) in [4.78, 5) is 0.628. The number of anilines is 2. The average molecular weight is 620 g/mol. The number of rotatable bonds is 17. The van der Waals surface area contributed by atoms with Crippen molar-refractivity contribution in [1.82, 2.24) is 8.87 Å². The van der Waals surface area contributed by atoms with Gasteiger partial charge in [-0.1, -0.05) is 56.9 Å². The topological polar surface area (TPSA) is 98.5 Å². The van der Waals surface area contributed by atoms with Crippen molar-refractivity contribution in [3.05, 3.63) is 48.2 Å². The smallest absolute Gasteiger partial charge is 0.406 e. The fraction of sp³-hybridized carbons (Fsp3) is 0.500. The summed E-state index contributed by atoms with van der Waals surface area (Å²) in [7, 11) is 2.05. The molecule has 3 rings (SSSR count). The number of methoxy groups -OCH3 is 1. The zero-order valence-electron chi connectivity index (χ0n) is 25.1. The maximum atomic E-state index is 13.3. The van der Waals surface area contributed by atoms with Gasteiger partial charge in [0.25, 0.3) is 0 Å². The molecule has 1 atom stereocenters. The molecule has 1 heterocycles. The summed E-state index contributed by atoms with van der Waals surface area (Å²) >= 11 is 0. The van der Waals surface area contributed by atoms with Crippen LogP contribution in [-0.4, -0.2) is 53.0 Å². The number of nitrogens with two attached hydrogens (primary N) is 2. The van der Waals surface area contributed by atoms with Crippen molar-refractivity contribution in [1.29, 1.82) is 0 Å². The van der Waals surface area contributed by atoms with Crippen molar-refractivity contribution in [3.8, 4) is 17.6 Å². The monoisotopic (exact) mass is 619 g/mol. The molecular formula is C32H44F3N5O2S. The Morgan fingerprint density at radius 3 is 2.33 bits per heavy atom.